The zero-order chi connectivity index (χ0) is 9.78. The molecule has 1 amide bonds. The fourth-order valence-corrected chi connectivity index (χ4v) is 0.535. The summed E-state index contributed by atoms with van der Waals surface area (Å²) in [5.74, 6) is 2.43. The molecule has 12 heavy (non-hydrogen) atoms. The van der Waals surface area contributed by atoms with Gasteiger partial charge in [-0.05, 0) is 27.7 Å². The Kier molecular flexibility index (Phi) is 3.62. The molecule has 0 bridgehead atoms. The van der Waals surface area contributed by atoms with Gasteiger partial charge in [-0.1, -0.05) is 5.92 Å². The van der Waals surface area contributed by atoms with Crippen LogP contribution >= 0.6 is 0 Å². The van der Waals surface area contributed by atoms with Crippen molar-refractivity contribution in [1.29, 1.82) is 0 Å². The average molecular weight is 169 g/mol. The molecule has 0 heterocycles. The second kappa shape index (κ2) is 4.01. The van der Waals surface area contributed by atoms with Gasteiger partial charge in [0.1, 0.15) is 0 Å². The summed E-state index contributed by atoms with van der Waals surface area (Å²) in [6.45, 7) is 7.02. The molecule has 0 radical (unpaired) electrons. The van der Waals surface area contributed by atoms with Gasteiger partial charge in [0.05, 0.1) is 11.6 Å². The standard InChI is InChI=1S/C9H15NO2/c1-6-9(4,5)10-8(11)12-7(2)3/h1,7H,2-5H3,(H,10,11). The van der Waals surface area contributed by atoms with Gasteiger partial charge in [-0.15, -0.1) is 6.42 Å². The quantitative estimate of drug-likeness (QED) is 0.637. The molecule has 0 unspecified atom stereocenters. The van der Waals surface area contributed by atoms with Crippen LogP contribution in [0.5, 0.6) is 0 Å². The second-order valence-electron chi connectivity index (χ2n) is 3.35. The van der Waals surface area contributed by atoms with E-state index >= 15 is 0 Å². The van der Waals surface area contributed by atoms with E-state index in [9.17, 15) is 4.79 Å². The molecule has 0 aromatic heterocycles. The molecular weight excluding hydrogens is 154 g/mol. The summed E-state index contributed by atoms with van der Waals surface area (Å²) in [4.78, 5) is 11.0. The summed E-state index contributed by atoms with van der Waals surface area (Å²) in [6, 6.07) is 0. The smallest absolute Gasteiger partial charge is 0.408 e. The van der Waals surface area contributed by atoms with Crippen LogP contribution in [0.4, 0.5) is 4.79 Å². The fraction of sp³-hybridized carbons (Fsp3) is 0.667. The van der Waals surface area contributed by atoms with Gasteiger partial charge in [0.15, 0.2) is 0 Å². The molecule has 1 N–H and O–H groups in total. The lowest BCUT2D eigenvalue weighted by molar-refractivity contribution is 0.110. The number of carbonyl (C=O) groups is 1. The van der Waals surface area contributed by atoms with Crippen LogP contribution in [0.3, 0.4) is 0 Å². The van der Waals surface area contributed by atoms with Crippen molar-refractivity contribution in [1.82, 2.24) is 5.32 Å². The fourth-order valence-electron chi connectivity index (χ4n) is 0.535. The van der Waals surface area contributed by atoms with Gasteiger partial charge < -0.3 is 10.1 Å². The van der Waals surface area contributed by atoms with Crippen molar-refractivity contribution in [2.75, 3.05) is 0 Å². The molecule has 0 atom stereocenters. The van der Waals surface area contributed by atoms with E-state index in [-0.39, 0.29) is 6.10 Å². The third-order valence-electron chi connectivity index (χ3n) is 1.12. The Morgan fingerprint density at radius 3 is 2.42 bits per heavy atom. The van der Waals surface area contributed by atoms with E-state index < -0.39 is 11.6 Å². The molecule has 0 rings (SSSR count). The van der Waals surface area contributed by atoms with E-state index in [4.69, 9.17) is 11.2 Å². The van der Waals surface area contributed by atoms with Crippen LogP contribution < -0.4 is 5.32 Å². The van der Waals surface area contributed by atoms with Gasteiger partial charge in [0.2, 0.25) is 0 Å². The van der Waals surface area contributed by atoms with Crippen LogP contribution in [0.25, 0.3) is 0 Å². The zero-order valence-electron chi connectivity index (χ0n) is 7.97. The Balaban J connectivity index is 3.95. The predicted octanol–water partition coefficient (Wildman–Crippen LogP) is 1.53. The van der Waals surface area contributed by atoms with Crippen LogP contribution in [-0.4, -0.2) is 17.7 Å². The maximum absolute atomic E-state index is 11.0. The lowest BCUT2D eigenvalue weighted by Crippen LogP contribution is -2.43. The van der Waals surface area contributed by atoms with E-state index in [0.29, 0.717) is 0 Å². The Hall–Kier alpha value is -1.17. The molecule has 0 fully saturated rings. The highest BCUT2D eigenvalue weighted by Gasteiger charge is 2.18. The Bertz CT molecular complexity index is 201. The minimum atomic E-state index is -0.647. The summed E-state index contributed by atoms with van der Waals surface area (Å²) in [7, 11) is 0. The molecule has 0 aliphatic rings. The third kappa shape index (κ3) is 4.62. The van der Waals surface area contributed by atoms with Crippen molar-refractivity contribution in [2.45, 2.75) is 39.3 Å². The van der Waals surface area contributed by atoms with Gasteiger partial charge in [-0.2, -0.15) is 0 Å². The van der Waals surface area contributed by atoms with Crippen LogP contribution in [0.15, 0.2) is 0 Å². The Morgan fingerprint density at radius 2 is 2.08 bits per heavy atom. The molecule has 3 nitrogen and oxygen atoms in total. The topological polar surface area (TPSA) is 38.3 Å². The van der Waals surface area contributed by atoms with E-state index in [1.54, 1.807) is 27.7 Å². The zero-order valence-corrected chi connectivity index (χ0v) is 7.97. The van der Waals surface area contributed by atoms with Gasteiger partial charge >= 0.3 is 6.09 Å². The summed E-state index contributed by atoms with van der Waals surface area (Å²) < 4.78 is 4.84. The van der Waals surface area contributed by atoms with Crippen LogP contribution in [0, 0.1) is 12.3 Å². The van der Waals surface area contributed by atoms with Gasteiger partial charge in [0, 0.05) is 0 Å². The van der Waals surface area contributed by atoms with E-state index in [2.05, 4.69) is 11.2 Å². The molecule has 0 saturated heterocycles. The molecule has 0 spiro atoms. The maximum atomic E-state index is 11.0. The van der Waals surface area contributed by atoms with Crippen molar-refractivity contribution < 1.29 is 9.53 Å². The number of rotatable bonds is 2. The minimum Gasteiger partial charge on any atom is -0.447 e. The molecule has 0 aromatic carbocycles. The molecule has 3 heteroatoms. The summed E-state index contributed by atoms with van der Waals surface area (Å²) in [6.07, 6.45) is 4.56. The summed E-state index contributed by atoms with van der Waals surface area (Å²) in [5, 5.41) is 2.54. The molecule has 0 aromatic rings. The Labute approximate surface area is 73.5 Å². The van der Waals surface area contributed by atoms with Crippen molar-refractivity contribution in [2.24, 2.45) is 0 Å². The maximum Gasteiger partial charge on any atom is 0.408 e. The number of amides is 1. The summed E-state index contributed by atoms with van der Waals surface area (Å²) in [5.41, 5.74) is -0.647. The van der Waals surface area contributed by atoms with Gasteiger partial charge in [0.25, 0.3) is 0 Å². The third-order valence-corrected chi connectivity index (χ3v) is 1.12. The lowest BCUT2D eigenvalue weighted by atomic mass is 10.1. The first-order valence-corrected chi connectivity index (χ1v) is 3.84. The number of terminal acetylenes is 1. The van der Waals surface area contributed by atoms with Gasteiger partial charge in [-0.25, -0.2) is 4.79 Å². The number of hydrogen-bond donors (Lipinski definition) is 1. The summed E-state index contributed by atoms with van der Waals surface area (Å²) >= 11 is 0. The predicted molar refractivity (Wildman–Crippen MR) is 47.7 cm³/mol. The first-order valence-electron chi connectivity index (χ1n) is 3.84. The Morgan fingerprint density at radius 1 is 1.58 bits per heavy atom. The van der Waals surface area contributed by atoms with E-state index in [1.807, 2.05) is 0 Å². The first kappa shape index (κ1) is 10.8. The molecule has 0 aliphatic carbocycles. The van der Waals surface area contributed by atoms with Crippen molar-refractivity contribution >= 4 is 6.09 Å². The first-order chi connectivity index (χ1) is 5.37. The van der Waals surface area contributed by atoms with Crippen LogP contribution in [0.2, 0.25) is 0 Å². The van der Waals surface area contributed by atoms with Crippen LogP contribution in [-0.2, 0) is 4.74 Å². The monoisotopic (exact) mass is 169 g/mol. The normalized spacial score (nSPS) is 10.7. The number of hydrogen-bond acceptors (Lipinski definition) is 2. The lowest BCUT2D eigenvalue weighted by Gasteiger charge is -2.19. The average Bonchev–Trinajstić information content (AvgIpc) is 1.84. The highest BCUT2D eigenvalue weighted by Crippen LogP contribution is 2.00. The van der Waals surface area contributed by atoms with Gasteiger partial charge in [-0.3, -0.25) is 0 Å². The van der Waals surface area contributed by atoms with Crippen molar-refractivity contribution in [3.05, 3.63) is 0 Å². The second-order valence-corrected chi connectivity index (χ2v) is 3.35. The minimum absolute atomic E-state index is 0.126. The highest BCUT2D eigenvalue weighted by atomic mass is 16.6. The molecule has 0 aliphatic heterocycles. The molecule has 0 saturated carbocycles. The SMILES string of the molecule is C#CC(C)(C)NC(=O)OC(C)C. The number of ether oxygens (including phenoxy) is 1. The van der Waals surface area contributed by atoms with Crippen LogP contribution in [0.1, 0.15) is 27.7 Å². The van der Waals surface area contributed by atoms with E-state index in [0.717, 1.165) is 0 Å². The largest absolute Gasteiger partial charge is 0.447 e. The molecular formula is C9H15NO2. The van der Waals surface area contributed by atoms with Crippen molar-refractivity contribution in [3.8, 4) is 12.3 Å². The number of carbonyl (C=O) groups excluding carboxylic acids is 1. The highest BCUT2D eigenvalue weighted by molar-refractivity contribution is 5.69. The number of alkyl carbamates (subject to hydrolysis) is 1. The van der Waals surface area contributed by atoms with Crippen molar-refractivity contribution in [3.63, 3.8) is 0 Å². The number of nitrogens with one attached hydrogen (secondary N) is 1. The van der Waals surface area contributed by atoms with E-state index in [1.165, 1.54) is 0 Å². The molecule has 68 valence electrons.